The van der Waals surface area contributed by atoms with Gasteiger partial charge in [-0.05, 0) is 35.9 Å². The Morgan fingerprint density at radius 1 is 1.27 bits per heavy atom. The predicted molar refractivity (Wildman–Crippen MR) is 84.4 cm³/mol. The normalized spacial score (nSPS) is 10.0. The standard InChI is InChI=1S/C16H11ClFNO2S/c17-14-7-12(8-19)3-6-15(14)21-16(20)10-22-9-11-1-4-13(18)5-2-11/h1-7H,9-10H2. The van der Waals surface area contributed by atoms with E-state index in [0.717, 1.165) is 5.56 Å². The molecule has 0 spiro atoms. The van der Waals surface area contributed by atoms with E-state index in [-0.39, 0.29) is 22.3 Å². The van der Waals surface area contributed by atoms with Crippen LogP contribution in [0.2, 0.25) is 5.02 Å². The first-order valence-electron chi connectivity index (χ1n) is 6.31. The second kappa shape index (κ2) is 7.83. The fourth-order valence-corrected chi connectivity index (χ4v) is 2.61. The number of thioether (sulfide) groups is 1. The second-order valence-electron chi connectivity index (χ2n) is 4.35. The maximum absolute atomic E-state index is 12.8. The Morgan fingerprint density at radius 3 is 2.64 bits per heavy atom. The van der Waals surface area contributed by atoms with E-state index in [1.54, 1.807) is 12.1 Å². The van der Waals surface area contributed by atoms with Gasteiger partial charge in [0.1, 0.15) is 11.6 Å². The number of rotatable bonds is 5. The van der Waals surface area contributed by atoms with Crippen molar-refractivity contribution in [1.29, 1.82) is 5.26 Å². The summed E-state index contributed by atoms with van der Waals surface area (Å²) in [5.74, 6) is 0.236. The van der Waals surface area contributed by atoms with Crippen molar-refractivity contribution in [2.75, 3.05) is 5.75 Å². The van der Waals surface area contributed by atoms with Crippen molar-refractivity contribution >= 4 is 29.3 Å². The van der Waals surface area contributed by atoms with Gasteiger partial charge in [0, 0.05) is 5.75 Å². The Bertz CT molecular complexity index is 713. The molecule has 0 amide bonds. The molecular weight excluding hydrogens is 325 g/mol. The van der Waals surface area contributed by atoms with E-state index in [1.807, 2.05) is 6.07 Å². The Hall–Kier alpha value is -2.03. The van der Waals surface area contributed by atoms with Crippen molar-refractivity contribution in [2.45, 2.75) is 5.75 Å². The molecule has 2 rings (SSSR count). The molecule has 0 fully saturated rings. The molecular formula is C16H11ClFNO2S. The van der Waals surface area contributed by atoms with Crippen LogP contribution in [-0.4, -0.2) is 11.7 Å². The number of esters is 1. The summed E-state index contributed by atoms with van der Waals surface area (Å²) in [5, 5.41) is 8.95. The molecule has 0 radical (unpaired) electrons. The van der Waals surface area contributed by atoms with Crippen LogP contribution in [0.25, 0.3) is 0 Å². The van der Waals surface area contributed by atoms with E-state index in [4.69, 9.17) is 21.6 Å². The number of ether oxygens (including phenoxy) is 1. The Kier molecular flexibility index (Phi) is 5.82. The fraction of sp³-hybridized carbons (Fsp3) is 0.125. The largest absolute Gasteiger partial charge is 0.424 e. The van der Waals surface area contributed by atoms with E-state index in [2.05, 4.69) is 0 Å². The van der Waals surface area contributed by atoms with Crippen molar-refractivity contribution in [3.63, 3.8) is 0 Å². The lowest BCUT2D eigenvalue weighted by Crippen LogP contribution is -2.11. The van der Waals surface area contributed by atoms with Crippen molar-refractivity contribution < 1.29 is 13.9 Å². The number of carbonyl (C=O) groups is 1. The lowest BCUT2D eigenvalue weighted by molar-refractivity contribution is -0.131. The molecule has 22 heavy (non-hydrogen) atoms. The van der Waals surface area contributed by atoms with Gasteiger partial charge in [-0.2, -0.15) is 5.26 Å². The Labute approximate surface area is 136 Å². The number of nitrogens with zero attached hydrogens (tertiary/aromatic N) is 1. The molecule has 6 heteroatoms. The van der Waals surface area contributed by atoms with Crippen LogP contribution in [0.3, 0.4) is 0 Å². The van der Waals surface area contributed by atoms with Crippen LogP contribution >= 0.6 is 23.4 Å². The number of nitriles is 1. The molecule has 2 aromatic rings. The van der Waals surface area contributed by atoms with Gasteiger partial charge in [0.25, 0.3) is 0 Å². The molecule has 0 atom stereocenters. The van der Waals surface area contributed by atoms with Gasteiger partial charge >= 0.3 is 5.97 Å². The summed E-state index contributed by atoms with van der Waals surface area (Å²) in [6.45, 7) is 0. The van der Waals surface area contributed by atoms with Gasteiger partial charge in [-0.1, -0.05) is 23.7 Å². The number of hydrogen-bond acceptors (Lipinski definition) is 4. The van der Waals surface area contributed by atoms with Gasteiger partial charge < -0.3 is 4.74 Å². The lowest BCUT2D eigenvalue weighted by Gasteiger charge is -2.06. The summed E-state index contributed by atoms with van der Waals surface area (Å²) in [6.07, 6.45) is 0. The van der Waals surface area contributed by atoms with Crippen LogP contribution in [0.15, 0.2) is 42.5 Å². The highest BCUT2D eigenvalue weighted by atomic mass is 35.5. The van der Waals surface area contributed by atoms with Crippen LogP contribution in [-0.2, 0) is 10.5 Å². The molecule has 2 aromatic carbocycles. The molecule has 0 aromatic heterocycles. The molecule has 0 saturated carbocycles. The molecule has 0 aliphatic carbocycles. The third-order valence-electron chi connectivity index (χ3n) is 2.69. The average molecular weight is 336 g/mol. The van der Waals surface area contributed by atoms with E-state index < -0.39 is 5.97 Å². The lowest BCUT2D eigenvalue weighted by atomic mass is 10.2. The van der Waals surface area contributed by atoms with Crippen LogP contribution in [0, 0.1) is 17.1 Å². The van der Waals surface area contributed by atoms with Crippen LogP contribution in [0.4, 0.5) is 4.39 Å². The van der Waals surface area contributed by atoms with Crippen LogP contribution in [0.1, 0.15) is 11.1 Å². The third kappa shape index (κ3) is 4.76. The van der Waals surface area contributed by atoms with E-state index >= 15 is 0 Å². The van der Waals surface area contributed by atoms with Gasteiger partial charge in [-0.15, -0.1) is 11.8 Å². The molecule has 112 valence electrons. The zero-order valence-corrected chi connectivity index (χ0v) is 13.0. The molecule has 0 unspecified atom stereocenters. The molecule has 0 aliphatic heterocycles. The fourth-order valence-electron chi connectivity index (χ4n) is 1.64. The minimum atomic E-state index is -0.432. The number of carbonyl (C=O) groups excluding carboxylic acids is 1. The molecule has 3 nitrogen and oxygen atoms in total. The Balaban J connectivity index is 1.83. The van der Waals surface area contributed by atoms with Crippen molar-refractivity contribution in [2.24, 2.45) is 0 Å². The number of benzene rings is 2. The van der Waals surface area contributed by atoms with Gasteiger partial charge in [0.15, 0.2) is 0 Å². The Morgan fingerprint density at radius 2 is 2.00 bits per heavy atom. The van der Waals surface area contributed by atoms with Crippen molar-refractivity contribution in [1.82, 2.24) is 0 Å². The minimum Gasteiger partial charge on any atom is -0.424 e. The predicted octanol–water partition coefficient (Wildman–Crippen LogP) is 4.19. The average Bonchev–Trinajstić information content (AvgIpc) is 2.51. The SMILES string of the molecule is N#Cc1ccc(OC(=O)CSCc2ccc(F)cc2)c(Cl)c1. The highest BCUT2D eigenvalue weighted by Crippen LogP contribution is 2.25. The molecule has 0 N–H and O–H groups in total. The van der Waals surface area contributed by atoms with Gasteiger partial charge in [-0.25, -0.2) is 4.39 Å². The summed E-state index contributed by atoms with van der Waals surface area (Å²) in [7, 11) is 0. The zero-order valence-electron chi connectivity index (χ0n) is 11.4. The highest BCUT2D eigenvalue weighted by molar-refractivity contribution is 7.99. The maximum atomic E-state index is 12.8. The van der Waals surface area contributed by atoms with E-state index in [9.17, 15) is 9.18 Å². The second-order valence-corrected chi connectivity index (χ2v) is 5.74. The van der Waals surface area contributed by atoms with Crippen molar-refractivity contribution in [3.05, 3.63) is 64.4 Å². The summed E-state index contributed by atoms with van der Waals surface area (Å²) in [5.41, 5.74) is 1.33. The molecule has 0 bridgehead atoms. The highest BCUT2D eigenvalue weighted by Gasteiger charge is 2.09. The monoisotopic (exact) mass is 335 g/mol. The first-order valence-corrected chi connectivity index (χ1v) is 7.84. The first-order chi connectivity index (χ1) is 10.6. The van der Waals surface area contributed by atoms with E-state index in [0.29, 0.717) is 11.3 Å². The van der Waals surface area contributed by atoms with Gasteiger partial charge in [0.05, 0.1) is 22.4 Å². The zero-order chi connectivity index (χ0) is 15.9. The van der Waals surface area contributed by atoms with Crippen LogP contribution < -0.4 is 4.74 Å². The molecule has 0 saturated heterocycles. The quantitative estimate of drug-likeness (QED) is 0.607. The summed E-state index contributed by atoms with van der Waals surface area (Å²) in [4.78, 5) is 11.7. The summed E-state index contributed by atoms with van der Waals surface area (Å²) < 4.78 is 17.9. The van der Waals surface area contributed by atoms with Crippen molar-refractivity contribution in [3.8, 4) is 11.8 Å². The van der Waals surface area contributed by atoms with Crippen LogP contribution in [0.5, 0.6) is 5.75 Å². The topological polar surface area (TPSA) is 50.1 Å². The summed E-state index contributed by atoms with van der Waals surface area (Å²) >= 11 is 7.29. The molecule has 0 heterocycles. The third-order valence-corrected chi connectivity index (χ3v) is 3.96. The van der Waals surface area contributed by atoms with Gasteiger partial charge in [-0.3, -0.25) is 4.79 Å². The minimum absolute atomic E-state index is 0.147. The smallest absolute Gasteiger partial charge is 0.321 e. The number of hydrogen-bond donors (Lipinski definition) is 0. The van der Waals surface area contributed by atoms with E-state index in [1.165, 1.54) is 42.1 Å². The first kappa shape index (κ1) is 16.3. The van der Waals surface area contributed by atoms with Gasteiger partial charge in [0.2, 0.25) is 0 Å². The number of halogens is 2. The molecule has 0 aliphatic rings. The maximum Gasteiger partial charge on any atom is 0.321 e. The summed E-state index contributed by atoms with van der Waals surface area (Å²) in [6, 6.07) is 12.5.